The highest BCUT2D eigenvalue weighted by molar-refractivity contribution is 6.30. The third-order valence-corrected chi connectivity index (χ3v) is 4.87. The number of nitrogens with one attached hydrogen (secondary N) is 1. The second kappa shape index (κ2) is 8.02. The SMILES string of the molecule is C/C(=N\N1CC[NH+](Cc2ccc(Cl)cc2)CC1)c1ccc(Cl)cc1. The molecule has 2 aromatic rings. The van der Waals surface area contributed by atoms with Crippen molar-refractivity contribution in [2.45, 2.75) is 13.5 Å². The minimum atomic E-state index is 0.756. The molecule has 0 atom stereocenters. The Hall–Kier alpha value is -1.55. The van der Waals surface area contributed by atoms with Crippen LogP contribution in [-0.2, 0) is 6.54 Å². The van der Waals surface area contributed by atoms with Crippen molar-refractivity contribution >= 4 is 28.9 Å². The van der Waals surface area contributed by atoms with Gasteiger partial charge in [-0.3, -0.25) is 5.01 Å². The van der Waals surface area contributed by atoms with E-state index in [4.69, 9.17) is 28.3 Å². The maximum atomic E-state index is 5.95. The van der Waals surface area contributed by atoms with Crippen LogP contribution in [0.25, 0.3) is 0 Å². The number of rotatable bonds is 4. The molecule has 1 aliphatic rings. The van der Waals surface area contributed by atoms with Crippen molar-refractivity contribution in [3.8, 4) is 0 Å². The first kappa shape index (κ1) is 17.3. The summed E-state index contributed by atoms with van der Waals surface area (Å²) in [4.78, 5) is 1.59. The topological polar surface area (TPSA) is 20.0 Å². The summed E-state index contributed by atoms with van der Waals surface area (Å²) < 4.78 is 0. The fourth-order valence-corrected chi connectivity index (χ4v) is 3.19. The third-order valence-electron chi connectivity index (χ3n) is 4.37. The number of piperazine rings is 1. The van der Waals surface area contributed by atoms with Crippen LogP contribution in [0.15, 0.2) is 53.6 Å². The van der Waals surface area contributed by atoms with E-state index in [0.717, 1.165) is 54.0 Å². The van der Waals surface area contributed by atoms with Crippen molar-refractivity contribution in [2.24, 2.45) is 5.10 Å². The number of halogens is 2. The molecule has 3 nitrogen and oxygen atoms in total. The van der Waals surface area contributed by atoms with Crippen LogP contribution in [0.3, 0.4) is 0 Å². The Kier molecular flexibility index (Phi) is 5.77. The summed E-state index contributed by atoms with van der Waals surface area (Å²) in [5, 5.41) is 8.49. The van der Waals surface area contributed by atoms with Gasteiger partial charge in [-0.2, -0.15) is 5.10 Å². The molecule has 5 heteroatoms. The van der Waals surface area contributed by atoms with Crippen LogP contribution in [0.1, 0.15) is 18.1 Å². The first-order valence-electron chi connectivity index (χ1n) is 8.24. The molecule has 0 radical (unpaired) electrons. The van der Waals surface area contributed by atoms with Crippen LogP contribution in [0.5, 0.6) is 0 Å². The Bertz CT molecular complexity index is 688. The van der Waals surface area contributed by atoms with Crippen molar-refractivity contribution in [2.75, 3.05) is 26.2 Å². The van der Waals surface area contributed by atoms with Gasteiger partial charge in [-0.15, -0.1) is 0 Å². The summed E-state index contributed by atoms with van der Waals surface area (Å²) in [6.45, 7) is 7.25. The molecule has 0 unspecified atom stereocenters. The van der Waals surface area contributed by atoms with Gasteiger partial charge in [-0.1, -0.05) is 47.5 Å². The molecule has 0 amide bonds. The highest BCUT2D eigenvalue weighted by Crippen LogP contribution is 2.11. The summed E-state index contributed by atoms with van der Waals surface area (Å²) in [7, 11) is 0. The van der Waals surface area contributed by atoms with Crippen molar-refractivity contribution in [3.63, 3.8) is 0 Å². The molecule has 3 rings (SSSR count). The van der Waals surface area contributed by atoms with E-state index >= 15 is 0 Å². The third kappa shape index (κ3) is 4.73. The number of hydrogen-bond acceptors (Lipinski definition) is 2. The van der Waals surface area contributed by atoms with Gasteiger partial charge in [0.1, 0.15) is 6.54 Å². The number of quaternary nitrogens is 1. The summed E-state index contributed by atoms with van der Waals surface area (Å²) in [6, 6.07) is 16.0. The van der Waals surface area contributed by atoms with Crippen LogP contribution in [0.4, 0.5) is 0 Å². The Morgan fingerprint density at radius 1 is 0.958 bits per heavy atom. The Morgan fingerprint density at radius 2 is 1.50 bits per heavy atom. The van der Waals surface area contributed by atoms with Crippen LogP contribution in [0.2, 0.25) is 10.0 Å². The van der Waals surface area contributed by atoms with Crippen LogP contribution in [0, 0.1) is 0 Å². The highest BCUT2D eigenvalue weighted by Gasteiger charge is 2.19. The summed E-state index contributed by atoms with van der Waals surface area (Å²) in [5.41, 5.74) is 3.49. The van der Waals surface area contributed by atoms with E-state index in [1.54, 1.807) is 4.90 Å². The number of hydrazone groups is 1. The van der Waals surface area contributed by atoms with E-state index in [1.165, 1.54) is 5.56 Å². The lowest BCUT2D eigenvalue weighted by atomic mass is 10.1. The largest absolute Gasteiger partial charge is 0.328 e. The van der Waals surface area contributed by atoms with Gasteiger partial charge in [0.05, 0.1) is 31.9 Å². The highest BCUT2D eigenvalue weighted by atomic mass is 35.5. The second-order valence-corrected chi connectivity index (χ2v) is 7.07. The zero-order valence-corrected chi connectivity index (χ0v) is 15.3. The van der Waals surface area contributed by atoms with Gasteiger partial charge < -0.3 is 4.90 Å². The summed E-state index contributed by atoms with van der Waals surface area (Å²) in [6.07, 6.45) is 0. The molecular weight excluding hydrogens is 341 g/mol. The maximum Gasteiger partial charge on any atom is 0.103 e. The van der Waals surface area contributed by atoms with Crippen molar-refractivity contribution in [1.29, 1.82) is 0 Å². The molecule has 1 fully saturated rings. The van der Waals surface area contributed by atoms with Crippen LogP contribution < -0.4 is 4.90 Å². The van der Waals surface area contributed by atoms with E-state index in [0.29, 0.717) is 0 Å². The number of hydrogen-bond donors (Lipinski definition) is 1. The molecule has 1 aliphatic heterocycles. The zero-order valence-electron chi connectivity index (χ0n) is 13.8. The normalized spacial score (nSPS) is 16.5. The average molecular weight is 363 g/mol. The molecule has 1 saturated heterocycles. The Morgan fingerprint density at radius 3 is 2.08 bits per heavy atom. The number of nitrogens with zero attached hydrogens (tertiary/aromatic N) is 2. The van der Waals surface area contributed by atoms with Crippen LogP contribution >= 0.6 is 23.2 Å². The van der Waals surface area contributed by atoms with Gasteiger partial charge in [0.25, 0.3) is 0 Å². The van der Waals surface area contributed by atoms with Crippen LogP contribution in [-0.4, -0.2) is 36.9 Å². The molecule has 0 bridgehead atoms. The quantitative estimate of drug-likeness (QED) is 0.828. The minimum Gasteiger partial charge on any atom is -0.328 e. The lowest BCUT2D eigenvalue weighted by molar-refractivity contribution is -0.918. The lowest BCUT2D eigenvalue weighted by Crippen LogP contribution is -3.13. The van der Waals surface area contributed by atoms with E-state index < -0.39 is 0 Å². The monoisotopic (exact) mass is 362 g/mol. The van der Waals surface area contributed by atoms with E-state index in [2.05, 4.69) is 24.1 Å². The predicted molar refractivity (Wildman–Crippen MR) is 101 cm³/mol. The van der Waals surface area contributed by atoms with Gasteiger partial charge >= 0.3 is 0 Å². The molecular formula is C19H22Cl2N3+. The summed E-state index contributed by atoms with van der Waals surface area (Å²) >= 11 is 11.9. The lowest BCUT2D eigenvalue weighted by Gasteiger charge is -2.31. The standard InChI is InChI=1S/C19H21Cl2N3/c1-15(17-4-8-19(21)9-5-17)22-24-12-10-23(11-13-24)14-16-2-6-18(20)7-3-16/h2-9H,10-14H2,1H3/p+1/b22-15+. The zero-order chi connectivity index (χ0) is 16.9. The second-order valence-electron chi connectivity index (χ2n) is 6.20. The molecule has 0 aromatic heterocycles. The first-order valence-corrected chi connectivity index (χ1v) is 9.00. The Labute approximate surface area is 153 Å². The minimum absolute atomic E-state index is 0.756. The van der Waals surface area contributed by atoms with Crippen molar-refractivity contribution in [3.05, 3.63) is 69.7 Å². The molecule has 0 saturated carbocycles. The molecule has 126 valence electrons. The van der Waals surface area contributed by atoms with Crippen molar-refractivity contribution < 1.29 is 4.90 Å². The van der Waals surface area contributed by atoms with E-state index in [9.17, 15) is 0 Å². The molecule has 24 heavy (non-hydrogen) atoms. The molecule has 0 spiro atoms. The number of benzene rings is 2. The Balaban J connectivity index is 1.53. The molecule has 2 aromatic carbocycles. The van der Waals surface area contributed by atoms with Gasteiger partial charge in [0.15, 0.2) is 0 Å². The van der Waals surface area contributed by atoms with E-state index in [-0.39, 0.29) is 0 Å². The summed E-state index contributed by atoms with van der Waals surface area (Å²) in [5.74, 6) is 0. The van der Waals surface area contributed by atoms with Gasteiger partial charge in [-0.25, -0.2) is 0 Å². The maximum absolute atomic E-state index is 5.95. The van der Waals surface area contributed by atoms with Gasteiger partial charge in [0, 0.05) is 15.6 Å². The molecule has 1 N–H and O–H groups in total. The molecule has 0 aliphatic carbocycles. The van der Waals surface area contributed by atoms with E-state index in [1.807, 2.05) is 36.4 Å². The fourth-order valence-electron chi connectivity index (χ4n) is 2.94. The first-order chi connectivity index (χ1) is 11.6. The van der Waals surface area contributed by atoms with Gasteiger partial charge in [0.2, 0.25) is 0 Å². The molecule has 1 heterocycles. The average Bonchev–Trinajstić information content (AvgIpc) is 2.59. The predicted octanol–water partition coefficient (Wildman–Crippen LogP) is 3.12. The smallest absolute Gasteiger partial charge is 0.103 e. The van der Waals surface area contributed by atoms with Crippen molar-refractivity contribution in [1.82, 2.24) is 5.01 Å². The van der Waals surface area contributed by atoms with Gasteiger partial charge in [-0.05, 0) is 36.8 Å². The fraction of sp³-hybridized carbons (Fsp3) is 0.316.